The number of hydrogen-bond acceptors (Lipinski definition) is 4. The molecule has 20 heavy (non-hydrogen) atoms. The van der Waals surface area contributed by atoms with Crippen molar-refractivity contribution in [2.75, 3.05) is 20.1 Å². The Kier molecular flexibility index (Phi) is 4.57. The molecule has 6 nitrogen and oxygen atoms in total. The summed E-state index contributed by atoms with van der Waals surface area (Å²) in [7, 11) is 2.00. The number of amides is 1. The number of rotatable bonds is 3. The lowest BCUT2D eigenvalue weighted by molar-refractivity contribution is -0.384. The highest BCUT2D eigenvalue weighted by Crippen LogP contribution is 2.22. The number of nitrogens with zero attached hydrogens (tertiary/aromatic N) is 2. The van der Waals surface area contributed by atoms with Gasteiger partial charge in [-0.15, -0.1) is 0 Å². The Labute approximate surface area is 121 Å². The minimum Gasteiger partial charge on any atom is -0.348 e. The van der Waals surface area contributed by atoms with Crippen LogP contribution in [0.2, 0.25) is 5.02 Å². The third kappa shape index (κ3) is 3.46. The van der Waals surface area contributed by atoms with Crippen molar-refractivity contribution in [3.63, 3.8) is 0 Å². The van der Waals surface area contributed by atoms with Crippen molar-refractivity contribution in [2.45, 2.75) is 18.9 Å². The molecule has 1 aromatic rings. The molecule has 0 aromatic heterocycles. The van der Waals surface area contributed by atoms with E-state index in [9.17, 15) is 14.9 Å². The SMILES string of the molecule is CN1CCCC(NC(=O)c2cc([N+](=O)[O-])ccc2Cl)C1. The summed E-state index contributed by atoms with van der Waals surface area (Å²) in [6, 6.07) is 3.93. The first-order valence-electron chi connectivity index (χ1n) is 6.40. The second kappa shape index (κ2) is 6.19. The summed E-state index contributed by atoms with van der Waals surface area (Å²) in [4.78, 5) is 24.5. The zero-order valence-corrected chi connectivity index (χ0v) is 11.9. The average Bonchev–Trinajstić information content (AvgIpc) is 2.38. The predicted octanol–water partition coefficient (Wildman–Crippen LogP) is 2.07. The first kappa shape index (κ1) is 14.7. The smallest absolute Gasteiger partial charge is 0.270 e. The molecule has 1 aromatic carbocycles. The number of carbonyl (C=O) groups is 1. The normalized spacial score (nSPS) is 19.6. The number of hydrogen-bond donors (Lipinski definition) is 1. The fourth-order valence-electron chi connectivity index (χ4n) is 2.35. The van der Waals surface area contributed by atoms with Gasteiger partial charge in [-0.25, -0.2) is 0 Å². The van der Waals surface area contributed by atoms with E-state index in [0.29, 0.717) is 0 Å². The number of likely N-dealkylation sites (tertiary alicyclic amines) is 1. The third-order valence-electron chi connectivity index (χ3n) is 3.37. The molecule has 1 amide bonds. The predicted molar refractivity (Wildman–Crippen MR) is 76.1 cm³/mol. The van der Waals surface area contributed by atoms with Gasteiger partial charge in [0.2, 0.25) is 0 Å². The Hall–Kier alpha value is -1.66. The van der Waals surface area contributed by atoms with Crippen LogP contribution in [0.3, 0.4) is 0 Å². The second-order valence-electron chi connectivity index (χ2n) is 5.00. The molecule has 7 heteroatoms. The van der Waals surface area contributed by atoms with E-state index >= 15 is 0 Å². The minimum absolute atomic E-state index is 0.0524. The first-order valence-corrected chi connectivity index (χ1v) is 6.78. The van der Waals surface area contributed by atoms with Crippen LogP contribution in [0.15, 0.2) is 18.2 Å². The number of nitro benzene ring substituents is 1. The van der Waals surface area contributed by atoms with Crippen LogP contribution >= 0.6 is 11.6 Å². The zero-order valence-electron chi connectivity index (χ0n) is 11.1. The van der Waals surface area contributed by atoms with Crippen LogP contribution < -0.4 is 5.32 Å². The minimum atomic E-state index is -0.540. The molecular weight excluding hydrogens is 282 g/mol. The lowest BCUT2D eigenvalue weighted by Crippen LogP contribution is -2.46. The fourth-order valence-corrected chi connectivity index (χ4v) is 2.55. The number of piperidine rings is 1. The van der Waals surface area contributed by atoms with Crippen molar-refractivity contribution < 1.29 is 9.72 Å². The number of non-ortho nitro benzene ring substituents is 1. The van der Waals surface area contributed by atoms with Crippen LogP contribution in [-0.2, 0) is 0 Å². The highest BCUT2D eigenvalue weighted by Gasteiger charge is 2.22. The molecule has 1 unspecified atom stereocenters. The third-order valence-corrected chi connectivity index (χ3v) is 3.69. The molecule has 1 fully saturated rings. The maximum atomic E-state index is 12.2. The molecule has 1 saturated heterocycles. The second-order valence-corrected chi connectivity index (χ2v) is 5.40. The highest BCUT2D eigenvalue weighted by atomic mass is 35.5. The Balaban J connectivity index is 2.12. The number of nitrogens with one attached hydrogen (secondary N) is 1. The van der Waals surface area contributed by atoms with Crippen molar-refractivity contribution >= 4 is 23.2 Å². The van der Waals surface area contributed by atoms with Gasteiger partial charge in [-0.2, -0.15) is 0 Å². The molecule has 108 valence electrons. The summed E-state index contributed by atoms with van der Waals surface area (Å²) in [6.45, 7) is 1.79. The van der Waals surface area contributed by atoms with E-state index in [4.69, 9.17) is 11.6 Å². The van der Waals surface area contributed by atoms with Crippen molar-refractivity contribution in [3.05, 3.63) is 38.9 Å². The Morgan fingerprint density at radius 1 is 1.55 bits per heavy atom. The van der Waals surface area contributed by atoms with Gasteiger partial charge in [0.05, 0.1) is 15.5 Å². The molecular formula is C13H16ClN3O3. The van der Waals surface area contributed by atoms with Crippen LogP contribution in [0, 0.1) is 10.1 Å². The van der Waals surface area contributed by atoms with E-state index in [1.165, 1.54) is 18.2 Å². The Morgan fingerprint density at radius 3 is 2.95 bits per heavy atom. The summed E-state index contributed by atoms with van der Waals surface area (Å²) in [5.41, 5.74) is 0.00871. The van der Waals surface area contributed by atoms with Gasteiger partial charge in [0.1, 0.15) is 0 Å². The van der Waals surface area contributed by atoms with Crippen LogP contribution in [0.5, 0.6) is 0 Å². The van der Waals surface area contributed by atoms with Gasteiger partial charge in [-0.1, -0.05) is 11.6 Å². The van der Waals surface area contributed by atoms with Gasteiger partial charge in [-0.05, 0) is 32.5 Å². The molecule has 1 N–H and O–H groups in total. The van der Waals surface area contributed by atoms with Crippen LogP contribution in [0.1, 0.15) is 23.2 Å². The Bertz CT molecular complexity index is 536. The highest BCUT2D eigenvalue weighted by molar-refractivity contribution is 6.33. The number of carbonyl (C=O) groups excluding carboxylic acids is 1. The number of nitro groups is 1. The van der Waals surface area contributed by atoms with Crippen molar-refractivity contribution in [1.82, 2.24) is 10.2 Å². The number of halogens is 1. The molecule has 1 atom stereocenters. The molecule has 1 aliphatic heterocycles. The molecule has 0 saturated carbocycles. The van der Waals surface area contributed by atoms with Gasteiger partial charge in [0, 0.05) is 24.7 Å². The maximum absolute atomic E-state index is 12.2. The molecule has 0 radical (unpaired) electrons. The maximum Gasteiger partial charge on any atom is 0.270 e. The van der Waals surface area contributed by atoms with Gasteiger partial charge >= 0.3 is 0 Å². The summed E-state index contributed by atoms with van der Waals surface area (Å²) in [6.07, 6.45) is 1.92. The van der Waals surface area contributed by atoms with E-state index in [0.717, 1.165) is 25.9 Å². The van der Waals surface area contributed by atoms with E-state index in [-0.39, 0.29) is 28.2 Å². The summed E-state index contributed by atoms with van der Waals surface area (Å²) in [5, 5.41) is 13.8. The quantitative estimate of drug-likeness (QED) is 0.684. The van der Waals surface area contributed by atoms with Gasteiger partial charge in [0.25, 0.3) is 11.6 Å². The van der Waals surface area contributed by atoms with Crippen LogP contribution in [-0.4, -0.2) is 41.9 Å². The molecule has 2 rings (SSSR count). The largest absolute Gasteiger partial charge is 0.348 e. The lowest BCUT2D eigenvalue weighted by Gasteiger charge is -2.30. The van der Waals surface area contributed by atoms with Gasteiger partial charge < -0.3 is 10.2 Å². The van der Waals surface area contributed by atoms with Crippen molar-refractivity contribution in [1.29, 1.82) is 0 Å². The van der Waals surface area contributed by atoms with Crippen molar-refractivity contribution in [2.24, 2.45) is 0 Å². The molecule has 1 aliphatic rings. The zero-order chi connectivity index (χ0) is 14.7. The number of likely N-dealkylation sites (N-methyl/N-ethyl adjacent to an activating group) is 1. The van der Waals surface area contributed by atoms with Crippen molar-refractivity contribution in [3.8, 4) is 0 Å². The van der Waals surface area contributed by atoms with E-state index in [1.807, 2.05) is 7.05 Å². The standard InChI is InChI=1S/C13H16ClN3O3/c1-16-6-2-3-9(8-16)15-13(18)11-7-10(17(19)20)4-5-12(11)14/h4-5,7,9H,2-3,6,8H2,1H3,(H,15,18). The van der Waals surface area contributed by atoms with E-state index in [1.54, 1.807) is 0 Å². The summed E-state index contributed by atoms with van der Waals surface area (Å²) >= 11 is 5.95. The monoisotopic (exact) mass is 297 g/mol. The fraction of sp³-hybridized carbons (Fsp3) is 0.462. The van der Waals surface area contributed by atoms with Crippen LogP contribution in [0.4, 0.5) is 5.69 Å². The van der Waals surface area contributed by atoms with E-state index < -0.39 is 4.92 Å². The molecule has 0 aliphatic carbocycles. The molecule has 0 spiro atoms. The van der Waals surface area contributed by atoms with Crippen LogP contribution in [0.25, 0.3) is 0 Å². The van der Waals surface area contributed by atoms with E-state index in [2.05, 4.69) is 10.2 Å². The topological polar surface area (TPSA) is 75.5 Å². The summed E-state index contributed by atoms with van der Waals surface area (Å²) in [5.74, 6) is -0.362. The molecule has 0 bridgehead atoms. The Morgan fingerprint density at radius 2 is 2.30 bits per heavy atom. The lowest BCUT2D eigenvalue weighted by atomic mass is 10.1. The number of benzene rings is 1. The summed E-state index contributed by atoms with van der Waals surface area (Å²) < 4.78 is 0. The van der Waals surface area contributed by atoms with Gasteiger partial charge in [-0.3, -0.25) is 14.9 Å². The molecule has 1 heterocycles. The average molecular weight is 298 g/mol. The first-order chi connectivity index (χ1) is 9.47. The van der Waals surface area contributed by atoms with Gasteiger partial charge in [0.15, 0.2) is 0 Å².